The van der Waals surface area contributed by atoms with E-state index < -0.39 is 0 Å². The summed E-state index contributed by atoms with van der Waals surface area (Å²) in [4.78, 5) is 11.2. The van der Waals surface area contributed by atoms with E-state index in [9.17, 15) is 0 Å². The number of aromatic nitrogens is 2. The van der Waals surface area contributed by atoms with Crippen molar-refractivity contribution in [1.82, 2.24) is 9.97 Å². The Hall–Kier alpha value is -1.36. The largest absolute Gasteiger partial charge is 0.481 e. The molecule has 0 N–H and O–H groups in total. The zero-order valence-electron chi connectivity index (χ0n) is 12.5. The maximum atomic E-state index is 5.88. The van der Waals surface area contributed by atoms with Gasteiger partial charge in [-0.05, 0) is 27.2 Å². The number of morpholine rings is 1. The summed E-state index contributed by atoms with van der Waals surface area (Å²) in [6, 6.07) is 0. The van der Waals surface area contributed by atoms with Crippen molar-refractivity contribution in [2.24, 2.45) is 0 Å². The number of rotatable bonds is 3. The standard InChI is InChI=1S/C14H23N3O2/c1-6-14(4)9-17(7-8-19-14)12-10(2)13(18-5)16-11(3)15-12/h6-9H2,1-5H3. The molecule has 0 aliphatic carbocycles. The predicted molar refractivity (Wildman–Crippen MR) is 74.9 cm³/mol. The van der Waals surface area contributed by atoms with Gasteiger partial charge in [-0.1, -0.05) is 6.92 Å². The van der Waals surface area contributed by atoms with Crippen LogP contribution in [0.2, 0.25) is 0 Å². The van der Waals surface area contributed by atoms with E-state index in [2.05, 4.69) is 28.7 Å². The Balaban J connectivity index is 2.33. The minimum absolute atomic E-state index is 0.100. The molecule has 2 rings (SSSR count). The number of nitrogens with zero attached hydrogens (tertiary/aromatic N) is 3. The quantitative estimate of drug-likeness (QED) is 0.837. The van der Waals surface area contributed by atoms with Crippen LogP contribution in [-0.4, -0.2) is 42.4 Å². The first kappa shape index (κ1) is 14.1. The highest BCUT2D eigenvalue weighted by atomic mass is 16.5. The Labute approximate surface area is 115 Å². The van der Waals surface area contributed by atoms with Gasteiger partial charge in [-0.2, -0.15) is 4.98 Å². The van der Waals surface area contributed by atoms with Gasteiger partial charge in [0.2, 0.25) is 5.88 Å². The molecular weight excluding hydrogens is 242 g/mol. The van der Waals surface area contributed by atoms with Crippen LogP contribution in [0.4, 0.5) is 5.82 Å². The van der Waals surface area contributed by atoms with Crippen molar-refractivity contribution in [3.8, 4) is 5.88 Å². The van der Waals surface area contributed by atoms with E-state index in [4.69, 9.17) is 9.47 Å². The second kappa shape index (κ2) is 5.33. The van der Waals surface area contributed by atoms with E-state index in [-0.39, 0.29) is 5.60 Å². The minimum Gasteiger partial charge on any atom is -0.481 e. The van der Waals surface area contributed by atoms with Crippen LogP contribution in [0.3, 0.4) is 0 Å². The van der Waals surface area contributed by atoms with Crippen LogP contribution < -0.4 is 9.64 Å². The highest BCUT2D eigenvalue weighted by Gasteiger charge is 2.32. The Morgan fingerprint density at radius 2 is 2.11 bits per heavy atom. The van der Waals surface area contributed by atoms with Crippen LogP contribution in [0.5, 0.6) is 5.88 Å². The van der Waals surface area contributed by atoms with E-state index in [1.165, 1.54) is 0 Å². The smallest absolute Gasteiger partial charge is 0.221 e. The first-order chi connectivity index (χ1) is 8.99. The summed E-state index contributed by atoms with van der Waals surface area (Å²) in [5, 5.41) is 0. The molecule has 0 saturated carbocycles. The Morgan fingerprint density at radius 3 is 2.74 bits per heavy atom. The molecule has 106 valence electrons. The zero-order chi connectivity index (χ0) is 14.0. The molecule has 5 heteroatoms. The molecule has 1 aliphatic rings. The van der Waals surface area contributed by atoms with Crippen LogP contribution in [0.1, 0.15) is 31.7 Å². The summed E-state index contributed by atoms with van der Waals surface area (Å²) in [7, 11) is 1.65. The lowest BCUT2D eigenvalue weighted by atomic mass is 10.0. The molecule has 19 heavy (non-hydrogen) atoms. The third kappa shape index (κ3) is 2.81. The highest BCUT2D eigenvalue weighted by Crippen LogP contribution is 2.29. The average molecular weight is 265 g/mol. The Kier molecular flexibility index (Phi) is 3.94. The summed E-state index contributed by atoms with van der Waals surface area (Å²) >= 11 is 0. The van der Waals surface area contributed by atoms with Gasteiger partial charge in [-0.3, -0.25) is 0 Å². The van der Waals surface area contributed by atoms with Crippen molar-refractivity contribution < 1.29 is 9.47 Å². The third-order valence-corrected chi connectivity index (χ3v) is 3.77. The van der Waals surface area contributed by atoms with Gasteiger partial charge < -0.3 is 14.4 Å². The summed E-state index contributed by atoms with van der Waals surface area (Å²) in [5.41, 5.74) is 0.894. The molecule has 0 spiro atoms. The van der Waals surface area contributed by atoms with Crippen LogP contribution in [0.25, 0.3) is 0 Å². The maximum Gasteiger partial charge on any atom is 0.221 e. The van der Waals surface area contributed by atoms with E-state index in [0.717, 1.165) is 43.3 Å². The number of anilines is 1. The number of hydrogen-bond acceptors (Lipinski definition) is 5. The van der Waals surface area contributed by atoms with Gasteiger partial charge in [0.15, 0.2) is 0 Å². The maximum absolute atomic E-state index is 5.88. The molecule has 1 saturated heterocycles. The summed E-state index contributed by atoms with van der Waals surface area (Å²) in [6.07, 6.45) is 0.990. The van der Waals surface area contributed by atoms with Gasteiger partial charge >= 0.3 is 0 Å². The molecule has 0 radical (unpaired) electrons. The van der Waals surface area contributed by atoms with E-state index in [1.807, 2.05) is 13.8 Å². The van der Waals surface area contributed by atoms with Crippen molar-refractivity contribution in [1.29, 1.82) is 0 Å². The fourth-order valence-electron chi connectivity index (χ4n) is 2.42. The van der Waals surface area contributed by atoms with Crippen LogP contribution in [0, 0.1) is 13.8 Å². The molecule has 5 nitrogen and oxygen atoms in total. The lowest BCUT2D eigenvalue weighted by molar-refractivity contribution is -0.0443. The number of ether oxygens (including phenoxy) is 2. The molecule has 1 aromatic rings. The van der Waals surface area contributed by atoms with Crippen molar-refractivity contribution in [2.75, 3.05) is 31.7 Å². The molecule has 1 unspecified atom stereocenters. The molecule has 1 aliphatic heterocycles. The fraction of sp³-hybridized carbons (Fsp3) is 0.714. The van der Waals surface area contributed by atoms with Crippen molar-refractivity contribution >= 4 is 5.82 Å². The van der Waals surface area contributed by atoms with Crippen LogP contribution in [0.15, 0.2) is 0 Å². The first-order valence-electron chi connectivity index (χ1n) is 6.77. The third-order valence-electron chi connectivity index (χ3n) is 3.77. The summed E-state index contributed by atoms with van der Waals surface area (Å²) in [5.74, 6) is 2.36. The molecule has 0 amide bonds. The SMILES string of the molecule is CCC1(C)CN(c2nc(C)nc(OC)c2C)CCO1. The zero-order valence-corrected chi connectivity index (χ0v) is 12.5. The molecule has 1 atom stereocenters. The number of methoxy groups -OCH3 is 1. The highest BCUT2D eigenvalue weighted by molar-refractivity contribution is 5.51. The van der Waals surface area contributed by atoms with Gasteiger partial charge in [0.05, 0.1) is 24.9 Å². The molecule has 1 fully saturated rings. The molecule has 2 heterocycles. The van der Waals surface area contributed by atoms with E-state index >= 15 is 0 Å². The molecule has 0 aromatic carbocycles. The van der Waals surface area contributed by atoms with Crippen LogP contribution in [-0.2, 0) is 4.74 Å². The van der Waals surface area contributed by atoms with Gasteiger partial charge in [-0.25, -0.2) is 4.98 Å². The lowest BCUT2D eigenvalue weighted by Gasteiger charge is -2.41. The lowest BCUT2D eigenvalue weighted by Crippen LogP contribution is -2.50. The predicted octanol–water partition coefficient (Wildman–Crippen LogP) is 2.11. The monoisotopic (exact) mass is 265 g/mol. The average Bonchev–Trinajstić information content (AvgIpc) is 2.41. The first-order valence-corrected chi connectivity index (χ1v) is 6.77. The van der Waals surface area contributed by atoms with Crippen molar-refractivity contribution in [2.45, 2.75) is 39.7 Å². The molecule has 0 bridgehead atoms. The number of hydrogen-bond donors (Lipinski definition) is 0. The number of aryl methyl sites for hydroxylation is 1. The van der Waals surface area contributed by atoms with Gasteiger partial charge in [0.25, 0.3) is 0 Å². The second-order valence-electron chi connectivity index (χ2n) is 5.30. The Bertz CT molecular complexity index is 464. The summed E-state index contributed by atoms with van der Waals surface area (Å²) < 4.78 is 11.2. The Morgan fingerprint density at radius 1 is 1.37 bits per heavy atom. The van der Waals surface area contributed by atoms with E-state index in [0.29, 0.717) is 5.88 Å². The van der Waals surface area contributed by atoms with Crippen molar-refractivity contribution in [3.63, 3.8) is 0 Å². The topological polar surface area (TPSA) is 47.5 Å². The van der Waals surface area contributed by atoms with Gasteiger partial charge in [0.1, 0.15) is 11.6 Å². The molecule has 1 aromatic heterocycles. The van der Waals surface area contributed by atoms with Crippen molar-refractivity contribution in [3.05, 3.63) is 11.4 Å². The molecular formula is C14H23N3O2. The summed E-state index contributed by atoms with van der Waals surface area (Å²) in [6.45, 7) is 10.6. The van der Waals surface area contributed by atoms with Crippen LogP contribution >= 0.6 is 0 Å². The van der Waals surface area contributed by atoms with Gasteiger partial charge in [-0.15, -0.1) is 0 Å². The van der Waals surface area contributed by atoms with Gasteiger partial charge in [0, 0.05) is 13.1 Å². The van der Waals surface area contributed by atoms with E-state index in [1.54, 1.807) is 7.11 Å². The normalized spacial score (nSPS) is 23.5. The second-order valence-corrected chi connectivity index (χ2v) is 5.30. The minimum atomic E-state index is -0.100. The fourth-order valence-corrected chi connectivity index (χ4v) is 2.42.